The van der Waals surface area contributed by atoms with Crippen LogP contribution in [0, 0.1) is 5.41 Å². The molecule has 0 aliphatic heterocycles. The quantitative estimate of drug-likeness (QED) is 0.669. The monoisotopic (exact) mass is 328 g/mol. The molecule has 0 bridgehead atoms. The maximum atomic E-state index is 8.95. The number of nitrogens with one attached hydrogen (secondary N) is 1. The van der Waals surface area contributed by atoms with Crippen LogP contribution in [-0.2, 0) is 0 Å². The van der Waals surface area contributed by atoms with Gasteiger partial charge in [0.1, 0.15) is 11.0 Å². The Morgan fingerprint density at radius 2 is 1.91 bits per heavy atom. The van der Waals surface area contributed by atoms with E-state index in [1.165, 1.54) is 0 Å². The second kappa shape index (κ2) is 14.0. The van der Waals surface area contributed by atoms with E-state index >= 15 is 0 Å². The normalized spacial score (nSPS) is 8.77. The van der Waals surface area contributed by atoms with Gasteiger partial charge < -0.3 is 10.1 Å². The lowest BCUT2D eigenvalue weighted by Crippen LogP contribution is -2.08. The Morgan fingerprint density at radius 1 is 1.32 bits per heavy atom. The van der Waals surface area contributed by atoms with Crippen molar-refractivity contribution in [2.45, 2.75) is 20.3 Å². The highest BCUT2D eigenvalue weighted by Gasteiger charge is 1.98. The molecule has 0 saturated carbocycles. The van der Waals surface area contributed by atoms with E-state index in [9.17, 15) is 0 Å². The summed E-state index contributed by atoms with van der Waals surface area (Å²) in [6, 6.07) is 9.14. The van der Waals surface area contributed by atoms with Crippen molar-refractivity contribution in [1.29, 1.82) is 5.41 Å². The summed E-state index contributed by atoms with van der Waals surface area (Å²) in [5.41, 5.74) is 1.33. The van der Waals surface area contributed by atoms with Gasteiger partial charge in [-0.15, -0.1) is 17.5 Å². The van der Waals surface area contributed by atoms with Crippen LogP contribution in [0.4, 0.5) is 0 Å². The summed E-state index contributed by atoms with van der Waals surface area (Å²) in [5.74, 6) is 0. The molecule has 0 radical (unpaired) electrons. The number of para-hydroxylation sites is 1. The van der Waals surface area contributed by atoms with Gasteiger partial charge in [0.15, 0.2) is 0 Å². The summed E-state index contributed by atoms with van der Waals surface area (Å²) < 4.78 is 0. The van der Waals surface area contributed by atoms with Gasteiger partial charge in [0.2, 0.25) is 0 Å². The van der Waals surface area contributed by atoms with Crippen LogP contribution in [0.3, 0.4) is 0 Å². The Bertz CT molecular complexity index is 551. The van der Waals surface area contributed by atoms with Crippen LogP contribution in [-0.4, -0.2) is 58.5 Å². The lowest BCUT2D eigenvalue weighted by molar-refractivity contribution is 0.155. The van der Waals surface area contributed by atoms with E-state index in [-0.39, 0.29) is 12.4 Å². The standard InChI is InChI=1S/C6H5N3O.C4H8N2.C4H11N.ClH/c10-9-6-4-2-1-3-5(6)7-8-9;1-2-3-6-4-5;1-4-5(2)3;/h1-4,10H;5H,2-3H2,1H3;4H2,1-3H3;1H. The van der Waals surface area contributed by atoms with Crippen molar-refractivity contribution >= 4 is 29.4 Å². The van der Waals surface area contributed by atoms with Crippen molar-refractivity contribution in [2.75, 3.05) is 27.2 Å². The maximum Gasteiger partial charge on any atom is 0.130 e. The van der Waals surface area contributed by atoms with Crippen LogP contribution >= 0.6 is 12.4 Å². The highest BCUT2D eigenvalue weighted by Crippen LogP contribution is 2.06. The van der Waals surface area contributed by atoms with Crippen LogP contribution in [0.2, 0.25) is 0 Å². The molecule has 0 amide bonds. The van der Waals surface area contributed by atoms with Gasteiger partial charge in [-0.25, -0.2) is 10.4 Å². The number of hydrogen-bond acceptors (Lipinski definition) is 6. The predicted molar refractivity (Wildman–Crippen MR) is 91.5 cm³/mol. The maximum absolute atomic E-state index is 8.95. The van der Waals surface area contributed by atoms with Crippen LogP contribution in [0.25, 0.3) is 11.0 Å². The van der Waals surface area contributed by atoms with E-state index in [4.69, 9.17) is 10.6 Å². The van der Waals surface area contributed by atoms with Gasteiger partial charge >= 0.3 is 0 Å². The summed E-state index contributed by atoms with van der Waals surface area (Å²) in [5, 5.41) is 22.3. The van der Waals surface area contributed by atoms with Crippen LogP contribution in [0.15, 0.2) is 29.3 Å². The summed E-state index contributed by atoms with van der Waals surface area (Å²) >= 11 is 0. The first kappa shape index (κ1) is 22.3. The van der Waals surface area contributed by atoms with Gasteiger partial charge in [0, 0.05) is 6.54 Å². The fourth-order valence-corrected chi connectivity index (χ4v) is 1.02. The van der Waals surface area contributed by atoms with Crippen molar-refractivity contribution in [1.82, 2.24) is 20.1 Å². The Hall–Kier alpha value is -1.95. The molecule has 7 nitrogen and oxygen atoms in total. The Labute approximate surface area is 137 Å². The molecule has 0 spiro atoms. The summed E-state index contributed by atoms with van der Waals surface area (Å²) in [6.45, 7) is 6.02. The van der Waals surface area contributed by atoms with Crippen molar-refractivity contribution in [3.63, 3.8) is 0 Å². The molecule has 1 heterocycles. The first-order chi connectivity index (χ1) is 10.1. The molecule has 0 fully saturated rings. The van der Waals surface area contributed by atoms with Crippen molar-refractivity contribution in [3.8, 4) is 0 Å². The number of fused-ring (bicyclic) bond motifs is 1. The van der Waals surface area contributed by atoms with Gasteiger partial charge in [-0.05, 0) is 44.4 Å². The highest BCUT2D eigenvalue weighted by atomic mass is 35.5. The third kappa shape index (κ3) is 9.88. The molecule has 0 aliphatic rings. The van der Waals surface area contributed by atoms with E-state index in [0.717, 1.165) is 24.4 Å². The van der Waals surface area contributed by atoms with Crippen molar-refractivity contribution < 1.29 is 5.21 Å². The number of nitrogens with zero attached hydrogens (tertiary/aromatic N) is 5. The van der Waals surface area contributed by atoms with Crippen LogP contribution < -0.4 is 0 Å². The van der Waals surface area contributed by atoms with Gasteiger partial charge in [-0.3, -0.25) is 0 Å². The number of aromatic nitrogens is 3. The second-order valence-corrected chi connectivity index (χ2v) is 4.36. The number of aliphatic imine (C=N–C) groups is 1. The minimum atomic E-state index is 0. The van der Waals surface area contributed by atoms with Gasteiger partial charge in [-0.1, -0.05) is 30.8 Å². The first-order valence-electron chi connectivity index (χ1n) is 6.79. The summed E-state index contributed by atoms with van der Waals surface area (Å²) in [4.78, 5) is 6.39. The fraction of sp³-hybridized carbons (Fsp3) is 0.500. The highest BCUT2D eigenvalue weighted by molar-refractivity contribution is 5.85. The third-order valence-corrected chi connectivity index (χ3v) is 2.38. The van der Waals surface area contributed by atoms with Crippen molar-refractivity contribution in [2.24, 2.45) is 4.99 Å². The number of hydrogen-bond donors (Lipinski definition) is 2. The number of rotatable bonds is 3. The van der Waals surface area contributed by atoms with E-state index < -0.39 is 0 Å². The largest absolute Gasteiger partial charge is 0.410 e. The van der Waals surface area contributed by atoms with Gasteiger partial charge in [-0.2, -0.15) is 0 Å². The first-order valence-corrected chi connectivity index (χ1v) is 6.79. The molecule has 2 N–H and O–H groups in total. The zero-order valence-electron chi connectivity index (χ0n) is 13.5. The second-order valence-electron chi connectivity index (χ2n) is 4.36. The summed E-state index contributed by atoms with van der Waals surface area (Å²) in [6.07, 6.45) is 1.01. The average molecular weight is 329 g/mol. The molecule has 0 atom stereocenters. The molecule has 1 aromatic heterocycles. The minimum absolute atomic E-state index is 0. The minimum Gasteiger partial charge on any atom is -0.410 e. The Balaban J connectivity index is 0. The zero-order chi connectivity index (χ0) is 16.1. The molecule has 2 rings (SSSR count). The molecule has 22 heavy (non-hydrogen) atoms. The zero-order valence-corrected chi connectivity index (χ0v) is 14.3. The molecule has 8 heteroatoms. The molecule has 0 saturated heterocycles. The van der Waals surface area contributed by atoms with E-state index in [1.807, 2.05) is 25.1 Å². The molecular formula is C14H25ClN6O. The smallest absolute Gasteiger partial charge is 0.130 e. The molecule has 0 aliphatic carbocycles. The predicted octanol–water partition coefficient (Wildman–Crippen LogP) is 2.81. The molecule has 2 aromatic rings. The molecule has 124 valence electrons. The molecule has 0 unspecified atom stereocenters. The van der Waals surface area contributed by atoms with Crippen molar-refractivity contribution in [3.05, 3.63) is 24.3 Å². The van der Waals surface area contributed by atoms with Crippen LogP contribution in [0.5, 0.6) is 0 Å². The molecular weight excluding hydrogens is 304 g/mol. The lowest BCUT2D eigenvalue weighted by atomic mass is 10.3. The van der Waals surface area contributed by atoms with E-state index in [2.05, 4.69) is 41.2 Å². The average Bonchev–Trinajstić information content (AvgIpc) is 2.88. The fourth-order valence-electron chi connectivity index (χ4n) is 1.02. The number of benzene rings is 1. The third-order valence-electron chi connectivity index (χ3n) is 2.38. The lowest BCUT2D eigenvalue weighted by Gasteiger charge is -2.00. The topological polar surface area (TPSA) is 90.4 Å². The molecule has 1 aromatic carbocycles. The van der Waals surface area contributed by atoms with Gasteiger partial charge in [0.05, 0.1) is 6.01 Å². The Morgan fingerprint density at radius 3 is 2.32 bits per heavy atom. The van der Waals surface area contributed by atoms with E-state index in [0.29, 0.717) is 11.0 Å². The van der Waals surface area contributed by atoms with E-state index in [1.54, 1.807) is 12.1 Å². The Kier molecular flexibility index (Phi) is 14.2. The SMILES string of the molecule is CCCN=C=N.CCN(C)C.Cl.On1nnc2ccccc21. The van der Waals surface area contributed by atoms with Crippen LogP contribution in [0.1, 0.15) is 20.3 Å². The number of halogens is 1. The van der Waals surface area contributed by atoms with Gasteiger partial charge in [0.25, 0.3) is 0 Å². The summed E-state index contributed by atoms with van der Waals surface area (Å²) in [7, 11) is 4.11.